The predicted molar refractivity (Wildman–Crippen MR) is 54.6 cm³/mol. The van der Waals surface area contributed by atoms with Crippen LogP contribution in [0.3, 0.4) is 0 Å². The smallest absolute Gasteiger partial charge is 0.222 e. The zero-order chi connectivity index (χ0) is 9.68. The summed E-state index contributed by atoms with van der Waals surface area (Å²) in [6, 6.07) is 0.578. The van der Waals surface area contributed by atoms with Gasteiger partial charge in [-0.25, -0.2) is 0 Å². The Kier molecular flexibility index (Phi) is 4.26. The van der Waals surface area contributed by atoms with E-state index in [2.05, 4.69) is 18.7 Å². The van der Waals surface area contributed by atoms with Crippen molar-refractivity contribution in [2.75, 3.05) is 6.54 Å². The fraction of sp³-hybridized carbons (Fsp3) is 0.909. The van der Waals surface area contributed by atoms with Crippen molar-refractivity contribution in [3.63, 3.8) is 0 Å². The highest BCUT2D eigenvalue weighted by molar-refractivity contribution is 5.77. The number of carbonyl (C=O) groups is 1. The molecular weight excluding hydrogens is 162 g/mol. The molecule has 1 heterocycles. The van der Waals surface area contributed by atoms with Crippen LogP contribution < -0.4 is 0 Å². The van der Waals surface area contributed by atoms with Crippen LogP contribution in [0.2, 0.25) is 0 Å². The van der Waals surface area contributed by atoms with Crippen molar-refractivity contribution in [1.82, 2.24) is 4.90 Å². The first-order valence-electron chi connectivity index (χ1n) is 5.59. The molecule has 0 saturated carbocycles. The van der Waals surface area contributed by atoms with Crippen molar-refractivity contribution >= 4 is 5.91 Å². The van der Waals surface area contributed by atoms with Crippen molar-refractivity contribution in [2.45, 2.75) is 58.4 Å². The van der Waals surface area contributed by atoms with E-state index in [-0.39, 0.29) is 0 Å². The SMILES string of the molecule is CCCCC(=O)N1CCC1CCC. The second-order valence-electron chi connectivity index (χ2n) is 3.92. The topological polar surface area (TPSA) is 20.3 Å². The number of carbonyl (C=O) groups excluding carboxylic acids is 1. The molecule has 1 saturated heterocycles. The molecule has 1 amide bonds. The molecule has 0 aromatic carbocycles. The highest BCUT2D eigenvalue weighted by atomic mass is 16.2. The van der Waals surface area contributed by atoms with Gasteiger partial charge in [0.25, 0.3) is 0 Å². The van der Waals surface area contributed by atoms with Gasteiger partial charge in [0.2, 0.25) is 5.91 Å². The van der Waals surface area contributed by atoms with E-state index in [0.29, 0.717) is 11.9 Å². The number of amides is 1. The highest BCUT2D eigenvalue weighted by Crippen LogP contribution is 2.22. The van der Waals surface area contributed by atoms with E-state index in [9.17, 15) is 4.79 Å². The summed E-state index contributed by atoms with van der Waals surface area (Å²) in [5.41, 5.74) is 0. The number of likely N-dealkylation sites (tertiary alicyclic amines) is 1. The van der Waals surface area contributed by atoms with Crippen molar-refractivity contribution < 1.29 is 4.79 Å². The Labute approximate surface area is 81.3 Å². The lowest BCUT2D eigenvalue weighted by atomic mass is 9.97. The largest absolute Gasteiger partial charge is 0.340 e. The molecule has 1 unspecified atom stereocenters. The molecule has 0 bridgehead atoms. The first kappa shape index (κ1) is 10.6. The van der Waals surface area contributed by atoms with Crippen LogP contribution in [0.4, 0.5) is 0 Å². The van der Waals surface area contributed by atoms with Crippen molar-refractivity contribution in [2.24, 2.45) is 0 Å². The number of rotatable bonds is 5. The van der Waals surface area contributed by atoms with E-state index >= 15 is 0 Å². The van der Waals surface area contributed by atoms with Gasteiger partial charge in [-0.15, -0.1) is 0 Å². The summed E-state index contributed by atoms with van der Waals surface area (Å²) in [6.45, 7) is 5.33. The third kappa shape index (κ3) is 2.71. The first-order valence-corrected chi connectivity index (χ1v) is 5.59. The van der Waals surface area contributed by atoms with E-state index in [1.165, 1.54) is 19.3 Å². The summed E-state index contributed by atoms with van der Waals surface area (Å²) >= 11 is 0. The molecule has 1 aliphatic rings. The molecule has 1 atom stereocenters. The molecule has 13 heavy (non-hydrogen) atoms. The van der Waals surface area contributed by atoms with Crippen LogP contribution in [0.5, 0.6) is 0 Å². The van der Waals surface area contributed by atoms with Crippen LogP contribution in [0.15, 0.2) is 0 Å². The van der Waals surface area contributed by atoms with E-state index in [1.54, 1.807) is 0 Å². The van der Waals surface area contributed by atoms with Gasteiger partial charge in [0.1, 0.15) is 0 Å². The van der Waals surface area contributed by atoms with Crippen LogP contribution in [0.25, 0.3) is 0 Å². The molecule has 0 aliphatic carbocycles. The maximum absolute atomic E-state index is 11.6. The molecule has 2 heteroatoms. The van der Waals surface area contributed by atoms with Crippen molar-refractivity contribution in [3.05, 3.63) is 0 Å². The zero-order valence-electron chi connectivity index (χ0n) is 8.88. The van der Waals surface area contributed by atoms with Crippen LogP contribution in [-0.2, 0) is 4.79 Å². The van der Waals surface area contributed by atoms with Gasteiger partial charge in [0.05, 0.1) is 0 Å². The van der Waals surface area contributed by atoms with Gasteiger partial charge in [-0.3, -0.25) is 4.79 Å². The Bertz CT molecular complexity index is 167. The minimum Gasteiger partial charge on any atom is -0.340 e. The standard InChI is InChI=1S/C11H21NO/c1-3-5-7-11(13)12-9-8-10(12)6-4-2/h10H,3-9H2,1-2H3. The molecule has 76 valence electrons. The lowest BCUT2D eigenvalue weighted by molar-refractivity contribution is -0.139. The molecule has 0 aromatic rings. The second-order valence-corrected chi connectivity index (χ2v) is 3.92. The summed E-state index contributed by atoms with van der Waals surface area (Å²) < 4.78 is 0. The Hall–Kier alpha value is -0.530. The maximum atomic E-state index is 11.6. The molecular formula is C11H21NO. The summed E-state index contributed by atoms with van der Waals surface area (Å²) in [6.07, 6.45) is 6.55. The Morgan fingerprint density at radius 3 is 2.62 bits per heavy atom. The fourth-order valence-corrected chi connectivity index (χ4v) is 1.87. The zero-order valence-corrected chi connectivity index (χ0v) is 8.88. The third-order valence-corrected chi connectivity index (χ3v) is 2.83. The Morgan fingerprint density at radius 1 is 1.38 bits per heavy atom. The number of unbranched alkanes of at least 4 members (excludes halogenated alkanes) is 1. The van der Waals surface area contributed by atoms with E-state index in [0.717, 1.165) is 25.8 Å². The summed E-state index contributed by atoms with van der Waals surface area (Å²) in [5.74, 6) is 0.381. The lowest BCUT2D eigenvalue weighted by Gasteiger charge is -2.41. The van der Waals surface area contributed by atoms with Crippen LogP contribution >= 0.6 is 0 Å². The van der Waals surface area contributed by atoms with Gasteiger partial charge in [0.15, 0.2) is 0 Å². The van der Waals surface area contributed by atoms with Gasteiger partial charge in [-0.2, -0.15) is 0 Å². The number of nitrogens with zero attached hydrogens (tertiary/aromatic N) is 1. The van der Waals surface area contributed by atoms with Gasteiger partial charge in [-0.1, -0.05) is 26.7 Å². The van der Waals surface area contributed by atoms with E-state index < -0.39 is 0 Å². The van der Waals surface area contributed by atoms with Gasteiger partial charge in [0, 0.05) is 19.0 Å². The molecule has 0 radical (unpaired) electrons. The number of hydrogen-bond acceptors (Lipinski definition) is 1. The molecule has 2 nitrogen and oxygen atoms in total. The van der Waals surface area contributed by atoms with E-state index in [1.807, 2.05) is 0 Å². The molecule has 0 N–H and O–H groups in total. The normalized spacial score (nSPS) is 21.4. The average molecular weight is 183 g/mol. The van der Waals surface area contributed by atoms with Gasteiger partial charge >= 0.3 is 0 Å². The Balaban J connectivity index is 2.22. The monoisotopic (exact) mass is 183 g/mol. The molecule has 0 aromatic heterocycles. The van der Waals surface area contributed by atoms with Gasteiger partial charge < -0.3 is 4.90 Å². The Morgan fingerprint density at radius 2 is 2.15 bits per heavy atom. The van der Waals surface area contributed by atoms with Crippen molar-refractivity contribution in [3.8, 4) is 0 Å². The summed E-state index contributed by atoms with van der Waals surface area (Å²) in [5, 5.41) is 0. The summed E-state index contributed by atoms with van der Waals surface area (Å²) in [7, 11) is 0. The minimum atomic E-state index is 0.381. The predicted octanol–water partition coefficient (Wildman–Crippen LogP) is 2.58. The number of hydrogen-bond donors (Lipinski definition) is 0. The molecule has 1 rings (SSSR count). The first-order chi connectivity index (χ1) is 6.29. The highest BCUT2D eigenvalue weighted by Gasteiger charge is 2.30. The van der Waals surface area contributed by atoms with E-state index in [4.69, 9.17) is 0 Å². The van der Waals surface area contributed by atoms with Crippen LogP contribution in [-0.4, -0.2) is 23.4 Å². The maximum Gasteiger partial charge on any atom is 0.222 e. The molecule has 1 aliphatic heterocycles. The van der Waals surface area contributed by atoms with Gasteiger partial charge in [-0.05, 0) is 19.3 Å². The average Bonchev–Trinajstić information content (AvgIpc) is 2.09. The van der Waals surface area contributed by atoms with Crippen molar-refractivity contribution in [1.29, 1.82) is 0 Å². The lowest BCUT2D eigenvalue weighted by Crippen LogP contribution is -2.50. The third-order valence-electron chi connectivity index (χ3n) is 2.83. The fourth-order valence-electron chi connectivity index (χ4n) is 1.87. The summed E-state index contributed by atoms with van der Waals surface area (Å²) in [4.78, 5) is 13.7. The van der Waals surface area contributed by atoms with Crippen LogP contribution in [0.1, 0.15) is 52.4 Å². The van der Waals surface area contributed by atoms with Crippen LogP contribution in [0, 0.1) is 0 Å². The molecule has 1 fully saturated rings. The molecule has 0 spiro atoms. The second kappa shape index (κ2) is 5.25. The minimum absolute atomic E-state index is 0.381. The quantitative estimate of drug-likeness (QED) is 0.641.